The van der Waals surface area contributed by atoms with Crippen LogP contribution in [0.15, 0.2) is 77.7 Å². The summed E-state index contributed by atoms with van der Waals surface area (Å²) in [5.74, 6) is 0.890. The Morgan fingerprint density at radius 2 is 1.68 bits per heavy atom. The molecule has 0 aromatic heterocycles. The van der Waals surface area contributed by atoms with Gasteiger partial charge in [0.1, 0.15) is 21.6 Å². The number of rotatable bonds is 10. The second kappa shape index (κ2) is 10.8. The number of sulfonamides is 1. The maximum Gasteiger partial charge on any atom is 0.240 e. The van der Waals surface area contributed by atoms with Crippen molar-refractivity contribution in [3.05, 3.63) is 88.9 Å². The molecule has 0 fully saturated rings. The summed E-state index contributed by atoms with van der Waals surface area (Å²) in [4.78, 5) is -0.0974. The summed E-state index contributed by atoms with van der Waals surface area (Å²) < 4.78 is 44.6. The van der Waals surface area contributed by atoms with E-state index in [2.05, 4.69) is 4.72 Å². The van der Waals surface area contributed by atoms with Crippen LogP contribution >= 0.6 is 11.6 Å². The van der Waals surface area contributed by atoms with Crippen molar-refractivity contribution in [2.24, 2.45) is 5.14 Å². The molecular weight excluding hydrogens is 456 g/mol. The van der Waals surface area contributed by atoms with E-state index >= 15 is 0 Å². The van der Waals surface area contributed by atoms with E-state index in [1.165, 1.54) is 17.7 Å². The number of primary sulfonamides is 1. The van der Waals surface area contributed by atoms with Gasteiger partial charge in [-0.15, -0.1) is 0 Å². The van der Waals surface area contributed by atoms with Gasteiger partial charge >= 0.3 is 0 Å². The first-order valence-corrected chi connectivity index (χ1v) is 12.8. The number of hydrogen-bond donors (Lipinski definition) is 2. The molecule has 3 rings (SSSR count). The fourth-order valence-corrected chi connectivity index (χ4v) is 4.82. The van der Waals surface area contributed by atoms with Gasteiger partial charge in [-0.1, -0.05) is 60.1 Å². The van der Waals surface area contributed by atoms with Gasteiger partial charge in [-0.05, 0) is 41.8 Å². The number of nitrogens with one attached hydrogen (secondary N) is 1. The number of nitrogens with two attached hydrogens (primary N) is 1. The third-order valence-corrected chi connectivity index (χ3v) is 6.72. The van der Waals surface area contributed by atoms with Gasteiger partial charge in [0.25, 0.3) is 0 Å². The van der Waals surface area contributed by atoms with Gasteiger partial charge in [0.2, 0.25) is 10.0 Å². The van der Waals surface area contributed by atoms with Crippen LogP contribution in [0, 0.1) is 0 Å². The summed E-state index contributed by atoms with van der Waals surface area (Å²) in [6.07, 6.45) is 1.21. The van der Waals surface area contributed by atoms with Gasteiger partial charge in [-0.3, -0.25) is 0 Å². The Bertz CT molecular complexity index is 1160. The Morgan fingerprint density at radius 1 is 0.968 bits per heavy atom. The minimum atomic E-state index is -3.92. The van der Waals surface area contributed by atoms with E-state index in [0.29, 0.717) is 23.8 Å². The number of halogens is 1. The van der Waals surface area contributed by atoms with E-state index in [1.807, 2.05) is 36.4 Å². The zero-order valence-electron chi connectivity index (χ0n) is 16.7. The van der Waals surface area contributed by atoms with Gasteiger partial charge in [0.15, 0.2) is 0 Å². The lowest BCUT2D eigenvalue weighted by molar-refractivity contribution is 0.319. The molecule has 164 valence electrons. The molecule has 0 bridgehead atoms. The molecule has 6 nitrogen and oxygen atoms in total. The second-order valence-corrected chi connectivity index (χ2v) is 10.0. The average Bonchev–Trinajstić information content (AvgIpc) is 2.73. The minimum Gasteiger partial charge on any atom is -0.493 e. The lowest BCUT2D eigenvalue weighted by Crippen LogP contribution is -2.17. The maximum absolute atomic E-state index is 12.5. The molecule has 0 aliphatic heterocycles. The van der Waals surface area contributed by atoms with Crippen LogP contribution in [0.1, 0.15) is 11.1 Å². The topological polar surface area (TPSA) is 98.5 Å². The van der Waals surface area contributed by atoms with Crippen molar-refractivity contribution in [1.82, 2.24) is 0 Å². The predicted octanol–water partition coefficient (Wildman–Crippen LogP) is 3.93. The van der Waals surface area contributed by atoms with Gasteiger partial charge < -0.3 is 9.46 Å². The first kappa shape index (κ1) is 23.3. The Labute approximate surface area is 190 Å². The third kappa shape index (κ3) is 7.07. The highest BCUT2D eigenvalue weighted by atomic mass is 35.5. The Balaban J connectivity index is 1.62. The van der Waals surface area contributed by atoms with Crippen molar-refractivity contribution in [2.45, 2.75) is 17.7 Å². The van der Waals surface area contributed by atoms with E-state index in [1.54, 1.807) is 24.3 Å². The van der Waals surface area contributed by atoms with Crippen LogP contribution in [0.3, 0.4) is 0 Å². The quantitative estimate of drug-likeness (QED) is 0.461. The molecule has 0 heterocycles. The first-order chi connectivity index (χ1) is 14.8. The summed E-state index contributed by atoms with van der Waals surface area (Å²) in [6.45, 7) is 0.487. The predicted molar refractivity (Wildman–Crippen MR) is 125 cm³/mol. The van der Waals surface area contributed by atoms with E-state index < -0.39 is 21.0 Å². The summed E-state index contributed by atoms with van der Waals surface area (Å²) in [5, 5.41) is 5.78. The molecule has 0 aliphatic rings. The largest absolute Gasteiger partial charge is 0.493 e. The zero-order chi connectivity index (χ0) is 22.3. The third-order valence-electron chi connectivity index (χ3n) is 4.49. The Hall–Kier alpha value is -2.39. The summed E-state index contributed by atoms with van der Waals surface area (Å²) in [6, 6.07) is 21.4. The molecule has 0 saturated heterocycles. The van der Waals surface area contributed by atoms with Gasteiger partial charge in [0.05, 0.1) is 12.3 Å². The number of para-hydroxylation sites is 1. The normalized spacial score (nSPS) is 12.3. The summed E-state index contributed by atoms with van der Waals surface area (Å²) >= 11 is 6.12. The standard InChI is InChI=1S/C22H23ClN2O4S2/c23-19-11-10-18(21(16-19)29-14-12-17-6-2-1-3-7-17)13-15-30(26)25-20-8-4-5-9-22(20)31(24,27)28/h1-11,16,25H,12-15H2,(H2,24,27,28). The van der Waals surface area contributed by atoms with Crippen molar-refractivity contribution in [2.75, 3.05) is 17.1 Å². The van der Waals surface area contributed by atoms with Crippen LogP contribution in [0.5, 0.6) is 5.75 Å². The second-order valence-electron chi connectivity index (χ2n) is 6.78. The molecule has 3 N–H and O–H groups in total. The average molecular weight is 479 g/mol. The number of ether oxygens (including phenoxy) is 1. The van der Waals surface area contributed by atoms with Crippen LogP contribution in [0.2, 0.25) is 5.02 Å². The van der Waals surface area contributed by atoms with Crippen molar-refractivity contribution in [3.63, 3.8) is 0 Å². The van der Waals surface area contributed by atoms with Crippen LogP contribution < -0.4 is 14.6 Å². The molecule has 0 radical (unpaired) electrons. The van der Waals surface area contributed by atoms with E-state index in [0.717, 1.165) is 12.0 Å². The van der Waals surface area contributed by atoms with Crippen molar-refractivity contribution < 1.29 is 17.4 Å². The SMILES string of the molecule is NS(=O)(=O)c1ccccc1NS(=O)CCc1ccc(Cl)cc1OCCc1ccccc1. The molecule has 1 unspecified atom stereocenters. The molecule has 1 atom stereocenters. The number of anilines is 1. The molecule has 3 aromatic carbocycles. The smallest absolute Gasteiger partial charge is 0.240 e. The highest BCUT2D eigenvalue weighted by Gasteiger charge is 2.15. The van der Waals surface area contributed by atoms with Crippen LogP contribution in [0.25, 0.3) is 0 Å². The molecule has 0 saturated carbocycles. The molecule has 31 heavy (non-hydrogen) atoms. The fourth-order valence-electron chi connectivity index (χ4n) is 2.97. The van der Waals surface area contributed by atoms with Gasteiger partial charge in [-0.25, -0.2) is 17.8 Å². The Kier molecular flexibility index (Phi) is 8.09. The Morgan fingerprint density at radius 3 is 2.42 bits per heavy atom. The van der Waals surface area contributed by atoms with Crippen LogP contribution in [0.4, 0.5) is 5.69 Å². The van der Waals surface area contributed by atoms with Crippen LogP contribution in [-0.4, -0.2) is 25.0 Å². The highest BCUT2D eigenvalue weighted by molar-refractivity contribution is 7.89. The number of benzene rings is 3. The molecule has 3 aromatic rings. The fraction of sp³-hybridized carbons (Fsp3) is 0.182. The zero-order valence-corrected chi connectivity index (χ0v) is 19.1. The van der Waals surface area contributed by atoms with E-state index in [9.17, 15) is 12.6 Å². The molecule has 9 heteroatoms. The van der Waals surface area contributed by atoms with Gasteiger partial charge in [0, 0.05) is 17.2 Å². The van der Waals surface area contributed by atoms with Gasteiger partial charge in [-0.2, -0.15) is 0 Å². The molecule has 0 amide bonds. The highest BCUT2D eigenvalue weighted by Crippen LogP contribution is 2.25. The maximum atomic E-state index is 12.5. The van der Waals surface area contributed by atoms with E-state index in [4.69, 9.17) is 21.5 Å². The minimum absolute atomic E-state index is 0.0974. The molecule has 0 spiro atoms. The first-order valence-electron chi connectivity index (χ1n) is 9.55. The summed E-state index contributed by atoms with van der Waals surface area (Å²) in [7, 11) is -5.45. The summed E-state index contributed by atoms with van der Waals surface area (Å²) in [5.41, 5.74) is 2.25. The molecule has 0 aliphatic carbocycles. The molecular formula is C22H23ClN2O4S2. The van der Waals surface area contributed by atoms with Crippen molar-refractivity contribution in [1.29, 1.82) is 0 Å². The van der Waals surface area contributed by atoms with Crippen molar-refractivity contribution >= 4 is 38.3 Å². The number of aryl methyl sites for hydroxylation is 1. The van der Waals surface area contributed by atoms with E-state index in [-0.39, 0.29) is 16.3 Å². The van der Waals surface area contributed by atoms with Crippen LogP contribution in [-0.2, 0) is 33.9 Å². The number of hydrogen-bond acceptors (Lipinski definition) is 4. The lowest BCUT2D eigenvalue weighted by Gasteiger charge is -2.13. The van der Waals surface area contributed by atoms with Crippen molar-refractivity contribution in [3.8, 4) is 5.75 Å². The monoisotopic (exact) mass is 478 g/mol. The lowest BCUT2D eigenvalue weighted by atomic mass is 10.1.